The molecule has 1 N–H and O–H groups in total. The molecule has 0 fully saturated rings. The van der Waals surface area contributed by atoms with Crippen LogP contribution in [0, 0.1) is 6.92 Å². The van der Waals surface area contributed by atoms with E-state index in [9.17, 15) is 9.59 Å². The molecule has 0 aliphatic carbocycles. The molecule has 0 aliphatic rings. The number of hydrogen-bond donors (Lipinski definition) is 1. The van der Waals surface area contributed by atoms with Gasteiger partial charge in [-0.25, -0.2) is 4.79 Å². The lowest BCUT2D eigenvalue weighted by Crippen LogP contribution is -2.30. The lowest BCUT2D eigenvalue weighted by Gasteiger charge is -2.12. The van der Waals surface area contributed by atoms with E-state index in [1.807, 2.05) is 6.92 Å². The van der Waals surface area contributed by atoms with E-state index < -0.39 is 11.9 Å². The first-order valence-corrected chi connectivity index (χ1v) is 6.71. The van der Waals surface area contributed by atoms with Crippen molar-refractivity contribution in [3.8, 4) is 0 Å². The predicted molar refractivity (Wildman–Crippen MR) is 78.6 cm³/mol. The molecule has 0 unspecified atom stereocenters. The minimum Gasteiger partial charge on any atom is -0.458 e. The number of aryl methyl sites for hydroxylation is 1. The average molecular weight is 316 g/mol. The van der Waals surface area contributed by atoms with Crippen molar-refractivity contribution in [1.29, 1.82) is 0 Å². The summed E-state index contributed by atoms with van der Waals surface area (Å²) >= 11 is 11.2. The van der Waals surface area contributed by atoms with Gasteiger partial charge in [0.05, 0.1) is 6.10 Å². The van der Waals surface area contributed by atoms with Gasteiger partial charge in [0.2, 0.25) is 0 Å². The molecule has 0 bridgehead atoms. The number of nitrogens with one attached hydrogen (secondary N) is 1. The largest absolute Gasteiger partial charge is 0.458 e. The van der Waals surface area contributed by atoms with E-state index in [-0.39, 0.29) is 16.3 Å². The van der Waals surface area contributed by atoms with Crippen molar-refractivity contribution in [3.63, 3.8) is 0 Å². The highest BCUT2D eigenvalue weighted by molar-refractivity contribution is 6.57. The van der Waals surface area contributed by atoms with Gasteiger partial charge in [-0.05, 0) is 32.9 Å². The van der Waals surface area contributed by atoms with Gasteiger partial charge in [-0.15, -0.1) is 0 Å². The van der Waals surface area contributed by atoms with Crippen molar-refractivity contribution in [2.24, 2.45) is 0 Å². The van der Waals surface area contributed by atoms with Gasteiger partial charge in [-0.1, -0.05) is 40.9 Å². The number of hydrogen-bond acceptors (Lipinski definition) is 3. The summed E-state index contributed by atoms with van der Waals surface area (Å²) in [4.78, 5) is 23.7. The Morgan fingerprint density at radius 1 is 1.15 bits per heavy atom. The molecule has 4 nitrogen and oxygen atoms in total. The van der Waals surface area contributed by atoms with Crippen LogP contribution in [0.4, 0.5) is 0 Å². The summed E-state index contributed by atoms with van der Waals surface area (Å²) in [5.74, 6) is -1.26. The van der Waals surface area contributed by atoms with Crippen LogP contribution >= 0.6 is 23.2 Å². The third-order valence-electron chi connectivity index (χ3n) is 2.29. The Labute approximate surface area is 127 Å². The number of halogens is 2. The Hall–Kier alpha value is -1.52. The number of benzene rings is 1. The van der Waals surface area contributed by atoms with Gasteiger partial charge in [0.1, 0.15) is 4.49 Å². The molecule has 0 saturated carbocycles. The molecule has 0 aliphatic heterocycles. The van der Waals surface area contributed by atoms with E-state index in [2.05, 4.69) is 5.32 Å². The zero-order valence-corrected chi connectivity index (χ0v) is 12.9. The Balaban J connectivity index is 2.87. The Bertz CT molecular complexity index is 532. The summed E-state index contributed by atoms with van der Waals surface area (Å²) in [6.45, 7) is 5.27. The fourth-order valence-electron chi connectivity index (χ4n) is 1.34. The van der Waals surface area contributed by atoms with Gasteiger partial charge in [0.25, 0.3) is 5.91 Å². The lowest BCUT2D eigenvalue weighted by atomic mass is 10.1. The first kappa shape index (κ1) is 16.5. The molecule has 6 heteroatoms. The number of rotatable bonds is 4. The van der Waals surface area contributed by atoms with Gasteiger partial charge in [-0.2, -0.15) is 0 Å². The number of carbonyl (C=O) groups excluding carboxylic acids is 2. The maximum atomic E-state index is 12.0. The molecular weight excluding hydrogens is 301 g/mol. The summed E-state index contributed by atoms with van der Waals surface area (Å²) in [5, 5.41) is 2.36. The first-order valence-electron chi connectivity index (χ1n) is 5.95. The van der Waals surface area contributed by atoms with Crippen molar-refractivity contribution in [2.75, 3.05) is 0 Å². The van der Waals surface area contributed by atoms with Crippen LogP contribution in [0.1, 0.15) is 29.8 Å². The Morgan fingerprint density at radius 3 is 2.15 bits per heavy atom. The SMILES string of the molecule is Cc1ccc(C(=O)NC(C(=O)OC(C)C)=C(Cl)Cl)cc1. The number of esters is 1. The van der Waals surface area contributed by atoms with E-state index in [4.69, 9.17) is 27.9 Å². The fraction of sp³-hybridized carbons (Fsp3) is 0.286. The van der Waals surface area contributed by atoms with Gasteiger partial charge in [-0.3, -0.25) is 4.79 Å². The van der Waals surface area contributed by atoms with E-state index >= 15 is 0 Å². The molecule has 1 aromatic carbocycles. The molecule has 1 aromatic rings. The second-order valence-corrected chi connectivity index (χ2v) is 5.36. The van der Waals surface area contributed by atoms with Crippen LogP contribution in [0.5, 0.6) is 0 Å². The zero-order valence-electron chi connectivity index (χ0n) is 11.4. The van der Waals surface area contributed by atoms with Crippen molar-refractivity contribution < 1.29 is 14.3 Å². The van der Waals surface area contributed by atoms with Gasteiger partial charge < -0.3 is 10.1 Å². The normalized spacial score (nSPS) is 10.1. The molecular formula is C14H15Cl2NO3. The molecule has 1 amide bonds. The van der Waals surface area contributed by atoms with Gasteiger partial charge >= 0.3 is 5.97 Å². The molecule has 0 atom stereocenters. The topological polar surface area (TPSA) is 55.4 Å². The molecule has 0 spiro atoms. The Kier molecular flexibility index (Phi) is 6.05. The molecule has 0 aromatic heterocycles. The lowest BCUT2D eigenvalue weighted by molar-refractivity contribution is -0.143. The number of amides is 1. The van der Waals surface area contributed by atoms with E-state index in [0.717, 1.165) is 5.56 Å². The summed E-state index contributed by atoms with van der Waals surface area (Å²) < 4.78 is 4.60. The van der Waals surface area contributed by atoms with Crippen LogP contribution in [0.2, 0.25) is 0 Å². The maximum absolute atomic E-state index is 12.0. The highest BCUT2D eigenvalue weighted by Crippen LogP contribution is 2.15. The zero-order chi connectivity index (χ0) is 15.3. The van der Waals surface area contributed by atoms with Crippen LogP contribution < -0.4 is 5.32 Å². The van der Waals surface area contributed by atoms with E-state index in [0.29, 0.717) is 5.56 Å². The van der Waals surface area contributed by atoms with E-state index in [1.54, 1.807) is 38.1 Å². The third kappa shape index (κ3) is 4.87. The molecule has 20 heavy (non-hydrogen) atoms. The van der Waals surface area contributed by atoms with Crippen molar-refractivity contribution in [2.45, 2.75) is 26.9 Å². The molecule has 108 valence electrons. The van der Waals surface area contributed by atoms with E-state index in [1.165, 1.54) is 0 Å². The van der Waals surface area contributed by atoms with Crippen LogP contribution in [0.15, 0.2) is 34.5 Å². The second-order valence-electron chi connectivity index (χ2n) is 4.41. The highest BCUT2D eigenvalue weighted by Gasteiger charge is 2.20. The molecule has 1 rings (SSSR count). The Morgan fingerprint density at radius 2 is 1.70 bits per heavy atom. The number of ether oxygens (including phenoxy) is 1. The molecule has 0 heterocycles. The quantitative estimate of drug-likeness (QED) is 0.685. The monoisotopic (exact) mass is 315 g/mol. The number of carbonyl (C=O) groups is 2. The summed E-state index contributed by atoms with van der Waals surface area (Å²) in [5.41, 5.74) is 1.14. The first-order chi connectivity index (χ1) is 9.31. The third-order valence-corrected chi connectivity index (χ3v) is 2.67. The summed E-state index contributed by atoms with van der Waals surface area (Å²) in [6, 6.07) is 6.84. The highest BCUT2D eigenvalue weighted by atomic mass is 35.5. The van der Waals surface area contributed by atoms with Crippen LogP contribution in [0.25, 0.3) is 0 Å². The van der Waals surface area contributed by atoms with Crippen molar-refractivity contribution in [3.05, 3.63) is 45.6 Å². The molecule has 0 radical (unpaired) electrons. The maximum Gasteiger partial charge on any atom is 0.357 e. The minimum absolute atomic E-state index is 0.271. The van der Waals surface area contributed by atoms with Gasteiger partial charge in [0.15, 0.2) is 5.70 Å². The van der Waals surface area contributed by atoms with Crippen LogP contribution in [0.3, 0.4) is 0 Å². The standard InChI is InChI=1S/C14H15Cl2NO3/c1-8(2)20-14(19)11(12(15)16)17-13(18)10-6-4-9(3)5-7-10/h4-8H,1-3H3,(H,17,18). The average Bonchev–Trinajstić information content (AvgIpc) is 2.35. The van der Waals surface area contributed by atoms with Crippen molar-refractivity contribution in [1.82, 2.24) is 5.32 Å². The summed E-state index contributed by atoms with van der Waals surface area (Å²) in [7, 11) is 0. The fourth-order valence-corrected chi connectivity index (χ4v) is 1.59. The second kappa shape index (κ2) is 7.31. The summed E-state index contributed by atoms with van der Waals surface area (Å²) in [6.07, 6.45) is -0.346. The van der Waals surface area contributed by atoms with Crippen LogP contribution in [-0.4, -0.2) is 18.0 Å². The molecule has 0 saturated heterocycles. The van der Waals surface area contributed by atoms with Crippen LogP contribution in [-0.2, 0) is 9.53 Å². The minimum atomic E-state index is -0.777. The predicted octanol–water partition coefficient (Wildman–Crippen LogP) is 3.32. The van der Waals surface area contributed by atoms with Gasteiger partial charge in [0, 0.05) is 5.56 Å². The smallest absolute Gasteiger partial charge is 0.357 e. The van der Waals surface area contributed by atoms with Crippen molar-refractivity contribution >= 4 is 35.1 Å².